The van der Waals surface area contributed by atoms with Crippen LogP contribution >= 0.6 is 15.9 Å². The lowest BCUT2D eigenvalue weighted by Crippen LogP contribution is -2.38. The summed E-state index contributed by atoms with van der Waals surface area (Å²) in [7, 11) is -3.22. The van der Waals surface area contributed by atoms with E-state index in [2.05, 4.69) is 15.9 Å². The molecule has 96 valence electrons. The second-order valence-electron chi connectivity index (χ2n) is 4.01. The Labute approximate surface area is 112 Å². The van der Waals surface area contributed by atoms with Crippen molar-refractivity contribution in [2.45, 2.75) is 32.9 Å². The maximum Gasteiger partial charge on any atom is 0.224 e. The lowest BCUT2D eigenvalue weighted by molar-refractivity contribution is 0.325. The lowest BCUT2D eigenvalue weighted by Gasteiger charge is -2.26. The summed E-state index contributed by atoms with van der Waals surface area (Å²) in [5.41, 5.74) is 1.01. The van der Waals surface area contributed by atoms with Gasteiger partial charge in [0, 0.05) is 12.6 Å². The molecule has 0 aliphatic rings. The molecule has 0 aliphatic heterocycles. The Bertz CT molecular complexity index is 433. The summed E-state index contributed by atoms with van der Waals surface area (Å²) in [6, 6.07) is 9.67. The highest BCUT2D eigenvalue weighted by molar-refractivity contribution is 9.10. The number of nitrogens with zero attached hydrogens (tertiary/aromatic N) is 1. The monoisotopic (exact) mass is 319 g/mol. The van der Waals surface area contributed by atoms with Crippen LogP contribution in [0, 0.1) is 0 Å². The number of rotatable bonds is 6. The fraction of sp³-hybridized carbons (Fsp3) is 0.500. The topological polar surface area (TPSA) is 37.4 Å². The Balaban J connectivity index is 2.93. The van der Waals surface area contributed by atoms with Crippen LogP contribution in [0.1, 0.15) is 25.8 Å². The van der Waals surface area contributed by atoms with E-state index in [9.17, 15) is 8.42 Å². The fourth-order valence-corrected chi connectivity index (χ4v) is 3.52. The first kappa shape index (κ1) is 14.7. The van der Waals surface area contributed by atoms with E-state index in [1.54, 1.807) is 4.31 Å². The van der Waals surface area contributed by atoms with Crippen LogP contribution in [0.5, 0.6) is 0 Å². The van der Waals surface area contributed by atoms with Crippen molar-refractivity contribution in [1.29, 1.82) is 0 Å². The summed E-state index contributed by atoms with van der Waals surface area (Å²) in [5.74, 6) is 0. The molecule has 0 radical (unpaired) electrons. The van der Waals surface area contributed by atoms with Crippen LogP contribution in [0.3, 0.4) is 0 Å². The zero-order valence-electron chi connectivity index (χ0n) is 10.1. The smallest absolute Gasteiger partial charge is 0.211 e. The molecular weight excluding hydrogens is 302 g/mol. The van der Waals surface area contributed by atoms with Gasteiger partial charge in [-0.05, 0) is 18.9 Å². The van der Waals surface area contributed by atoms with Gasteiger partial charge in [-0.3, -0.25) is 0 Å². The molecular formula is C12H18BrNO2S. The Kier molecular flexibility index (Phi) is 5.62. The standard InChI is InChI=1S/C12H18BrNO2S/c1-3-11(2)14(17(15,16)10-13)9-12-7-5-4-6-8-12/h4-8,11H,3,9-10H2,1-2H3. The maximum absolute atomic E-state index is 12.0. The van der Waals surface area contributed by atoms with E-state index >= 15 is 0 Å². The Morgan fingerprint density at radius 3 is 2.35 bits per heavy atom. The van der Waals surface area contributed by atoms with Crippen molar-refractivity contribution in [3.05, 3.63) is 35.9 Å². The van der Waals surface area contributed by atoms with Crippen molar-refractivity contribution >= 4 is 26.0 Å². The summed E-state index contributed by atoms with van der Waals surface area (Å²) in [4.78, 5) is 0. The predicted molar refractivity (Wildman–Crippen MR) is 74.5 cm³/mol. The third kappa shape index (κ3) is 4.08. The molecule has 1 aromatic carbocycles. The third-order valence-corrected chi connectivity index (χ3v) is 5.97. The second kappa shape index (κ2) is 6.52. The van der Waals surface area contributed by atoms with Crippen LogP contribution in [0.4, 0.5) is 0 Å². The molecule has 0 saturated heterocycles. The largest absolute Gasteiger partial charge is 0.224 e. The Morgan fingerprint density at radius 1 is 1.29 bits per heavy atom. The molecule has 0 spiro atoms. The number of benzene rings is 1. The van der Waals surface area contributed by atoms with E-state index < -0.39 is 10.0 Å². The fourth-order valence-electron chi connectivity index (χ4n) is 1.56. The lowest BCUT2D eigenvalue weighted by atomic mass is 10.2. The number of hydrogen-bond donors (Lipinski definition) is 0. The van der Waals surface area contributed by atoms with Crippen molar-refractivity contribution in [1.82, 2.24) is 4.31 Å². The van der Waals surface area contributed by atoms with Crippen LogP contribution in [0.25, 0.3) is 0 Å². The molecule has 0 aliphatic carbocycles. The van der Waals surface area contributed by atoms with E-state index in [0.29, 0.717) is 6.54 Å². The van der Waals surface area contributed by atoms with Crippen LogP contribution in [0.2, 0.25) is 0 Å². The average Bonchev–Trinajstić information content (AvgIpc) is 2.36. The molecule has 1 rings (SSSR count). The van der Waals surface area contributed by atoms with Gasteiger partial charge in [0.05, 0.1) is 0 Å². The highest BCUT2D eigenvalue weighted by Crippen LogP contribution is 2.17. The van der Waals surface area contributed by atoms with E-state index in [4.69, 9.17) is 0 Å². The average molecular weight is 320 g/mol. The normalized spacial score (nSPS) is 13.9. The van der Waals surface area contributed by atoms with Crippen LogP contribution < -0.4 is 0 Å². The van der Waals surface area contributed by atoms with Crippen LogP contribution in [-0.4, -0.2) is 23.4 Å². The van der Waals surface area contributed by atoms with Gasteiger partial charge in [-0.25, -0.2) is 8.42 Å². The minimum atomic E-state index is -3.22. The molecule has 0 fully saturated rings. The molecule has 0 amide bonds. The number of halogens is 1. The molecule has 0 aromatic heterocycles. The first-order chi connectivity index (χ1) is 8.01. The van der Waals surface area contributed by atoms with Gasteiger partial charge in [0.2, 0.25) is 10.0 Å². The highest BCUT2D eigenvalue weighted by Gasteiger charge is 2.25. The first-order valence-electron chi connectivity index (χ1n) is 5.60. The summed E-state index contributed by atoms with van der Waals surface area (Å²) in [5, 5.41) is 0. The van der Waals surface area contributed by atoms with Crippen molar-refractivity contribution < 1.29 is 8.42 Å². The minimum Gasteiger partial charge on any atom is -0.211 e. The van der Waals surface area contributed by atoms with Gasteiger partial charge >= 0.3 is 0 Å². The number of hydrogen-bond acceptors (Lipinski definition) is 2. The Hall–Kier alpha value is -0.390. The molecule has 1 atom stereocenters. The van der Waals surface area contributed by atoms with Crippen molar-refractivity contribution in [3.8, 4) is 0 Å². The zero-order valence-corrected chi connectivity index (χ0v) is 12.5. The van der Waals surface area contributed by atoms with Gasteiger partial charge < -0.3 is 0 Å². The first-order valence-corrected chi connectivity index (χ1v) is 8.33. The molecule has 0 heterocycles. The molecule has 0 bridgehead atoms. The zero-order chi connectivity index (χ0) is 12.9. The number of alkyl halides is 1. The molecule has 17 heavy (non-hydrogen) atoms. The molecule has 0 saturated carbocycles. The van der Waals surface area contributed by atoms with Gasteiger partial charge in [0.1, 0.15) is 4.66 Å². The third-order valence-electron chi connectivity index (χ3n) is 2.76. The summed E-state index contributed by atoms with van der Waals surface area (Å²) < 4.78 is 25.5. The Morgan fingerprint density at radius 2 is 1.88 bits per heavy atom. The maximum atomic E-state index is 12.0. The minimum absolute atomic E-state index is 0.0118. The molecule has 0 N–H and O–H groups in total. The van der Waals surface area contributed by atoms with Crippen molar-refractivity contribution in [2.75, 3.05) is 4.66 Å². The van der Waals surface area contributed by atoms with Crippen molar-refractivity contribution in [3.63, 3.8) is 0 Å². The molecule has 1 aromatic rings. The van der Waals surface area contributed by atoms with Gasteiger partial charge in [-0.2, -0.15) is 4.31 Å². The molecule has 5 heteroatoms. The SMILES string of the molecule is CCC(C)N(Cc1ccccc1)S(=O)(=O)CBr. The molecule has 3 nitrogen and oxygen atoms in total. The summed E-state index contributed by atoms with van der Waals surface area (Å²) in [6.07, 6.45) is 0.805. The van der Waals surface area contributed by atoms with Gasteiger partial charge in [0.15, 0.2) is 0 Å². The van der Waals surface area contributed by atoms with Gasteiger partial charge in [0.25, 0.3) is 0 Å². The summed E-state index contributed by atoms with van der Waals surface area (Å²) >= 11 is 3.05. The van der Waals surface area contributed by atoms with E-state index in [0.717, 1.165) is 12.0 Å². The van der Waals surface area contributed by atoms with Gasteiger partial charge in [-0.1, -0.05) is 53.2 Å². The quantitative estimate of drug-likeness (QED) is 0.756. The summed E-state index contributed by atoms with van der Waals surface area (Å²) in [6.45, 7) is 4.36. The highest BCUT2D eigenvalue weighted by atomic mass is 79.9. The van der Waals surface area contributed by atoms with E-state index in [-0.39, 0.29) is 10.7 Å². The van der Waals surface area contributed by atoms with Gasteiger partial charge in [-0.15, -0.1) is 0 Å². The van der Waals surface area contributed by atoms with Crippen molar-refractivity contribution in [2.24, 2.45) is 0 Å². The molecule has 1 unspecified atom stereocenters. The van der Waals surface area contributed by atoms with Crippen LogP contribution in [-0.2, 0) is 16.6 Å². The second-order valence-corrected chi connectivity index (χ2v) is 7.23. The predicted octanol–water partition coefficient (Wildman–Crippen LogP) is 2.97. The van der Waals surface area contributed by atoms with E-state index in [1.807, 2.05) is 44.2 Å². The number of sulfonamides is 1. The van der Waals surface area contributed by atoms with Crippen LogP contribution in [0.15, 0.2) is 30.3 Å². The van der Waals surface area contributed by atoms with E-state index in [1.165, 1.54) is 0 Å².